The topological polar surface area (TPSA) is 35.5 Å². The molecule has 0 aromatic carbocycles. The van der Waals surface area contributed by atoms with Crippen molar-refractivity contribution in [1.29, 1.82) is 0 Å². The van der Waals surface area contributed by atoms with Crippen molar-refractivity contribution in [3.63, 3.8) is 0 Å². The third kappa shape index (κ3) is 3.74. The Bertz CT molecular complexity index is 253. The molecule has 0 amide bonds. The molecule has 0 bridgehead atoms. The molecule has 2 N–H and O–H groups in total. The van der Waals surface area contributed by atoms with E-state index in [4.69, 9.17) is 0 Å². The summed E-state index contributed by atoms with van der Waals surface area (Å²) >= 11 is 0. The summed E-state index contributed by atoms with van der Waals surface area (Å²) in [6.07, 6.45) is 5.71. The Labute approximate surface area is 98.8 Å². The highest BCUT2D eigenvalue weighted by Gasteiger charge is 2.31. The fourth-order valence-corrected chi connectivity index (χ4v) is 2.17. The minimum atomic E-state index is -0.504. The van der Waals surface area contributed by atoms with Gasteiger partial charge in [0.1, 0.15) is 0 Å². The molecule has 92 valence electrons. The first-order chi connectivity index (χ1) is 7.63. The van der Waals surface area contributed by atoms with Crippen LogP contribution < -0.4 is 5.32 Å². The summed E-state index contributed by atoms with van der Waals surface area (Å²) in [4.78, 5) is 2.38. The Kier molecular flexibility index (Phi) is 5.19. The molecule has 1 rings (SSSR count). The van der Waals surface area contributed by atoms with Crippen LogP contribution in [0.25, 0.3) is 0 Å². The van der Waals surface area contributed by atoms with Crippen molar-refractivity contribution in [3.8, 4) is 0 Å². The van der Waals surface area contributed by atoms with E-state index in [1.807, 2.05) is 20.0 Å². The zero-order chi connectivity index (χ0) is 12.0. The smallest absolute Gasteiger partial charge is 0.0795 e. The minimum Gasteiger partial charge on any atom is -0.388 e. The van der Waals surface area contributed by atoms with Gasteiger partial charge >= 0.3 is 0 Å². The zero-order valence-corrected chi connectivity index (χ0v) is 10.5. The van der Waals surface area contributed by atoms with Crippen molar-refractivity contribution in [2.75, 3.05) is 33.2 Å². The highest BCUT2D eigenvalue weighted by Crippen LogP contribution is 2.21. The van der Waals surface area contributed by atoms with Crippen LogP contribution in [0.2, 0.25) is 0 Å². The predicted molar refractivity (Wildman–Crippen MR) is 68.5 cm³/mol. The number of hydrogen-bond acceptors (Lipinski definition) is 3. The van der Waals surface area contributed by atoms with Crippen LogP contribution in [0, 0.1) is 0 Å². The lowest BCUT2D eigenvalue weighted by molar-refractivity contribution is -0.0163. The van der Waals surface area contributed by atoms with Gasteiger partial charge in [0.2, 0.25) is 0 Å². The number of rotatable bonds is 5. The number of piperidine rings is 1. The molecule has 1 aliphatic rings. The third-order valence-electron chi connectivity index (χ3n) is 3.33. The Hall–Kier alpha value is -0.640. The molecule has 1 heterocycles. The summed E-state index contributed by atoms with van der Waals surface area (Å²) in [5.41, 5.74) is 0.759. The maximum absolute atomic E-state index is 10.2. The molecule has 0 aliphatic carbocycles. The highest BCUT2D eigenvalue weighted by molar-refractivity contribution is 5.17. The minimum absolute atomic E-state index is 0.504. The second-order valence-electron chi connectivity index (χ2n) is 4.60. The van der Waals surface area contributed by atoms with Crippen LogP contribution in [0.3, 0.4) is 0 Å². The van der Waals surface area contributed by atoms with Crippen LogP contribution in [-0.2, 0) is 0 Å². The molecule has 0 saturated carbocycles. The molecule has 0 atom stereocenters. The van der Waals surface area contributed by atoms with Gasteiger partial charge in [0.05, 0.1) is 5.60 Å². The Morgan fingerprint density at radius 2 is 2.12 bits per heavy atom. The van der Waals surface area contributed by atoms with Gasteiger partial charge in [-0.05, 0) is 32.4 Å². The van der Waals surface area contributed by atoms with Crippen molar-refractivity contribution < 1.29 is 5.11 Å². The molecule has 1 saturated heterocycles. The summed E-state index contributed by atoms with van der Waals surface area (Å²) < 4.78 is 0. The van der Waals surface area contributed by atoms with Crippen LogP contribution in [0.15, 0.2) is 24.3 Å². The summed E-state index contributed by atoms with van der Waals surface area (Å²) in [5, 5.41) is 13.3. The maximum atomic E-state index is 10.2. The average molecular weight is 224 g/mol. The van der Waals surface area contributed by atoms with E-state index in [1.54, 1.807) is 0 Å². The van der Waals surface area contributed by atoms with Gasteiger partial charge in [-0.2, -0.15) is 0 Å². The monoisotopic (exact) mass is 224 g/mol. The lowest BCUT2D eigenvalue weighted by Gasteiger charge is -2.38. The number of nitrogens with zero attached hydrogens (tertiary/aromatic N) is 1. The Balaban J connectivity index is 2.40. The average Bonchev–Trinajstić information content (AvgIpc) is 2.29. The normalized spacial score (nSPS) is 22.1. The zero-order valence-electron chi connectivity index (χ0n) is 10.5. The molecular weight excluding hydrogens is 200 g/mol. The largest absolute Gasteiger partial charge is 0.388 e. The first-order valence-electron chi connectivity index (χ1n) is 6.00. The van der Waals surface area contributed by atoms with Gasteiger partial charge in [0.25, 0.3) is 0 Å². The molecule has 1 fully saturated rings. The molecule has 0 aromatic heterocycles. The molecular formula is C13H24N2O. The van der Waals surface area contributed by atoms with Gasteiger partial charge in [-0.25, -0.2) is 0 Å². The van der Waals surface area contributed by atoms with Crippen LogP contribution in [0.5, 0.6) is 0 Å². The van der Waals surface area contributed by atoms with E-state index < -0.39 is 5.60 Å². The van der Waals surface area contributed by atoms with Crippen molar-refractivity contribution in [1.82, 2.24) is 10.2 Å². The first kappa shape index (κ1) is 13.4. The fourth-order valence-electron chi connectivity index (χ4n) is 2.17. The molecule has 3 heteroatoms. The Morgan fingerprint density at radius 1 is 1.50 bits per heavy atom. The summed E-state index contributed by atoms with van der Waals surface area (Å²) in [6.45, 7) is 9.41. The second-order valence-corrected chi connectivity index (χ2v) is 4.60. The van der Waals surface area contributed by atoms with Gasteiger partial charge in [0, 0.05) is 26.2 Å². The number of aliphatic hydroxyl groups is 1. The lowest BCUT2D eigenvalue weighted by Crippen LogP contribution is -2.49. The van der Waals surface area contributed by atoms with Crippen molar-refractivity contribution in [2.24, 2.45) is 0 Å². The van der Waals surface area contributed by atoms with Crippen LogP contribution >= 0.6 is 0 Å². The summed E-state index contributed by atoms with van der Waals surface area (Å²) in [6, 6.07) is 0. The number of allylic oxidation sites excluding steroid dienone is 1. The number of nitrogens with one attached hydrogen (secondary N) is 1. The number of likely N-dealkylation sites (N-methyl/N-ethyl adjacent to an activating group) is 1. The fraction of sp³-hybridized carbons (Fsp3) is 0.692. The Morgan fingerprint density at radius 3 is 2.56 bits per heavy atom. The SMILES string of the molecule is C=C/C(=C\C)CN1CCC(O)(CNC)CC1. The van der Waals surface area contributed by atoms with Gasteiger partial charge in [-0.15, -0.1) is 0 Å². The van der Waals surface area contributed by atoms with Crippen LogP contribution in [0.4, 0.5) is 0 Å². The van der Waals surface area contributed by atoms with Crippen LogP contribution in [-0.4, -0.2) is 48.8 Å². The van der Waals surface area contributed by atoms with Gasteiger partial charge in [0.15, 0.2) is 0 Å². The number of likely N-dealkylation sites (tertiary alicyclic amines) is 1. The van der Waals surface area contributed by atoms with Gasteiger partial charge < -0.3 is 10.4 Å². The van der Waals surface area contributed by atoms with Crippen LogP contribution in [0.1, 0.15) is 19.8 Å². The van der Waals surface area contributed by atoms with Crippen molar-refractivity contribution in [2.45, 2.75) is 25.4 Å². The molecule has 16 heavy (non-hydrogen) atoms. The van der Waals surface area contributed by atoms with Crippen molar-refractivity contribution >= 4 is 0 Å². The summed E-state index contributed by atoms with van der Waals surface area (Å²) in [5.74, 6) is 0. The first-order valence-corrected chi connectivity index (χ1v) is 6.00. The molecule has 0 radical (unpaired) electrons. The molecule has 0 aromatic rings. The van der Waals surface area contributed by atoms with E-state index in [1.165, 1.54) is 5.57 Å². The highest BCUT2D eigenvalue weighted by atomic mass is 16.3. The van der Waals surface area contributed by atoms with E-state index in [0.29, 0.717) is 6.54 Å². The molecule has 1 aliphatic heterocycles. The molecule has 3 nitrogen and oxygen atoms in total. The van der Waals surface area contributed by atoms with E-state index in [0.717, 1.165) is 32.5 Å². The van der Waals surface area contributed by atoms with E-state index in [-0.39, 0.29) is 0 Å². The number of hydrogen-bond donors (Lipinski definition) is 2. The third-order valence-corrected chi connectivity index (χ3v) is 3.33. The predicted octanol–water partition coefficient (Wildman–Crippen LogP) is 1.16. The van der Waals surface area contributed by atoms with Crippen molar-refractivity contribution in [3.05, 3.63) is 24.3 Å². The van der Waals surface area contributed by atoms with E-state index >= 15 is 0 Å². The van der Waals surface area contributed by atoms with E-state index in [2.05, 4.69) is 22.9 Å². The van der Waals surface area contributed by atoms with Gasteiger partial charge in [-0.1, -0.05) is 18.7 Å². The maximum Gasteiger partial charge on any atom is 0.0795 e. The lowest BCUT2D eigenvalue weighted by atomic mass is 9.91. The molecule has 0 spiro atoms. The quantitative estimate of drug-likeness (QED) is 0.688. The summed E-state index contributed by atoms with van der Waals surface area (Å²) in [7, 11) is 1.89. The second kappa shape index (κ2) is 6.18. The van der Waals surface area contributed by atoms with Gasteiger partial charge in [-0.3, -0.25) is 4.90 Å². The van der Waals surface area contributed by atoms with E-state index in [9.17, 15) is 5.11 Å². The molecule has 0 unspecified atom stereocenters. The standard InChI is InChI=1S/C13H24N2O/c1-4-12(5-2)10-15-8-6-13(16,7-9-15)11-14-3/h4-5,14,16H,1,6-11H2,2-3H3/b12-5+.